The number of likely N-dealkylation sites (tertiary alicyclic amines) is 1. The topological polar surface area (TPSA) is 94.6 Å². The van der Waals surface area contributed by atoms with Gasteiger partial charge in [0.1, 0.15) is 5.75 Å². The van der Waals surface area contributed by atoms with Crippen molar-refractivity contribution < 1.29 is 14.7 Å². The molecule has 1 atom stereocenters. The predicted molar refractivity (Wildman–Crippen MR) is 106 cm³/mol. The van der Waals surface area contributed by atoms with E-state index in [2.05, 4.69) is 20.5 Å². The zero-order chi connectivity index (χ0) is 19.9. The van der Waals surface area contributed by atoms with E-state index in [0.29, 0.717) is 11.6 Å². The number of hydrogen-bond acceptors (Lipinski definition) is 5. The van der Waals surface area contributed by atoms with Crippen molar-refractivity contribution >= 4 is 23.4 Å². The summed E-state index contributed by atoms with van der Waals surface area (Å²) in [5.41, 5.74) is 0.946. The number of amides is 2. The van der Waals surface area contributed by atoms with E-state index >= 15 is 0 Å². The molecule has 2 aromatic rings. The van der Waals surface area contributed by atoms with Gasteiger partial charge in [0.15, 0.2) is 5.69 Å². The van der Waals surface area contributed by atoms with Gasteiger partial charge in [0.25, 0.3) is 5.91 Å². The summed E-state index contributed by atoms with van der Waals surface area (Å²) in [5.74, 6) is -1.13. The van der Waals surface area contributed by atoms with Gasteiger partial charge in [0.2, 0.25) is 5.91 Å². The number of nitrogens with zero attached hydrogens (tertiary/aromatic N) is 2. The second-order valence-corrected chi connectivity index (χ2v) is 7.11. The fraction of sp³-hybridized carbons (Fsp3) is 0.350. The Morgan fingerprint density at radius 3 is 2.68 bits per heavy atom. The summed E-state index contributed by atoms with van der Waals surface area (Å²) in [6.45, 7) is 2.17. The lowest BCUT2D eigenvalue weighted by Gasteiger charge is -2.28. The van der Waals surface area contributed by atoms with Crippen LogP contribution in [0.2, 0.25) is 5.02 Å². The molecule has 2 amide bonds. The van der Waals surface area contributed by atoms with E-state index in [1.807, 2.05) is 24.3 Å². The Hall–Kier alpha value is -2.64. The summed E-state index contributed by atoms with van der Waals surface area (Å²) in [6.07, 6.45) is 3.67. The first-order valence-electron chi connectivity index (χ1n) is 9.23. The fourth-order valence-electron chi connectivity index (χ4n) is 3.31. The normalized spacial score (nSPS) is 15.2. The summed E-state index contributed by atoms with van der Waals surface area (Å²) >= 11 is 6.13. The van der Waals surface area contributed by atoms with Gasteiger partial charge < -0.3 is 15.7 Å². The number of pyridine rings is 1. The third-order valence-corrected chi connectivity index (χ3v) is 4.95. The van der Waals surface area contributed by atoms with Gasteiger partial charge in [-0.1, -0.05) is 23.7 Å². The van der Waals surface area contributed by atoms with Gasteiger partial charge in [-0.15, -0.1) is 0 Å². The molecule has 0 bridgehead atoms. The van der Waals surface area contributed by atoms with E-state index in [4.69, 9.17) is 11.6 Å². The van der Waals surface area contributed by atoms with Crippen molar-refractivity contribution in [1.82, 2.24) is 20.5 Å². The number of nitrogens with one attached hydrogen (secondary N) is 2. The van der Waals surface area contributed by atoms with Crippen LogP contribution in [-0.4, -0.2) is 53.0 Å². The molecule has 148 valence electrons. The number of carbonyl (C=O) groups is 2. The molecular weight excluding hydrogens is 380 g/mol. The maximum absolute atomic E-state index is 12.2. The van der Waals surface area contributed by atoms with Crippen molar-refractivity contribution in [3.63, 3.8) is 0 Å². The molecule has 2 heterocycles. The molecule has 3 rings (SSSR count). The zero-order valence-electron chi connectivity index (χ0n) is 15.4. The van der Waals surface area contributed by atoms with Crippen molar-refractivity contribution in [3.8, 4) is 5.75 Å². The highest BCUT2D eigenvalue weighted by Gasteiger charge is 2.24. The van der Waals surface area contributed by atoms with E-state index in [-0.39, 0.29) is 29.9 Å². The highest BCUT2D eigenvalue weighted by Crippen LogP contribution is 2.26. The Labute approximate surface area is 168 Å². The molecule has 1 fully saturated rings. The summed E-state index contributed by atoms with van der Waals surface area (Å²) in [5, 5.41) is 15.7. The second kappa shape index (κ2) is 9.52. The first-order valence-corrected chi connectivity index (χ1v) is 9.61. The molecule has 8 heteroatoms. The smallest absolute Gasteiger partial charge is 0.274 e. The minimum atomic E-state index is -0.598. The monoisotopic (exact) mass is 402 g/mol. The van der Waals surface area contributed by atoms with Gasteiger partial charge in [-0.25, -0.2) is 4.98 Å². The highest BCUT2D eigenvalue weighted by molar-refractivity contribution is 6.30. The Morgan fingerprint density at radius 1 is 1.18 bits per heavy atom. The van der Waals surface area contributed by atoms with Gasteiger partial charge in [0, 0.05) is 17.8 Å². The van der Waals surface area contributed by atoms with Crippen LogP contribution in [0.4, 0.5) is 0 Å². The van der Waals surface area contributed by atoms with E-state index in [1.165, 1.54) is 18.3 Å². The Bertz CT molecular complexity index is 840. The second-order valence-electron chi connectivity index (χ2n) is 6.67. The number of halogens is 1. The molecule has 1 aromatic carbocycles. The molecule has 1 aliphatic heterocycles. The Morgan fingerprint density at radius 2 is 1.96 bits per heavy atom. The maximum Gasteiger partial charge on any atom is 0.274 e. The van der Waals surface area contributed by atoms with Crippen molar-refractivity contribution in [3.05, 3.63) is 58.9 Å². The average molecular weight is 403 g/mol. The molecule has 1 saturated heterocycles. The predicted octanol–water partition coefficient (Wildman–Crippen LogP) is 2.12. The number of rotatable bonds is 7. The largest absolute Gasteiger partial charge is 0.505 e. The molecule has 1 unspecified atom stereocenters. The Kier molecular flexibility index (Phi) is 6.84. The van der Waals surface area contributed by atoms with Crippen LogP contribution < -0.4 is 10.6 Å². The number of benzene rings is 1. The van der Waals surface area contributed by atoms with Crippen LogP contribution in [0.25, 0.3) is 0 Å². The first kappa shape index (κ1) is 20.1. The lowest BCUT2D eigenvalue weighted by atomic mass is 10.1. The molecule has 0 aliphatic carbocycles. The molecule has 0 spiro atoms. The third-order valence-electron chi connectivity index (χ3n) is 4.72. The van der Waals surface area contributed by atoms with E-state index in [0.717, 1.165) is 31.5 Å². The molecule has 0 saturated carbocycles. The fourth-order valence-corrected chi connectivity index (χ4v) is 3.51. The van der Waals surface area contributed by atoms with E-state index < -0.39 is 5.91 Å². The van der Waals surface area contributed by atoms with Crippen LogP contribution in [-0.2, 0) is 4.79 Å². The van der Waals surface area contributed by atoms with Gasteiger partial charge >= 0.3 is 0 Å². The summed E-state index contributed by atoms with van der Waals surface area (Å²) < 4.78 is 0. The van der Waals surface area contributed by atoms with Crippen LogP contribution in [0.1, 0.15) is 34.9 Å². The van der Waals surface area contributed by atoms with Crippen LogP contribution in [0.5, 0.6) is 5.75 Å². The lowest BCUT2D eigenvalue weighted by Crippen LogP contribution is -2.41. The third kappa shape index (κ3) is 5.21. The standard InChI is InChI=1S/C20H23ClN4O3/c21-15-6-3-5-14(11-15)16(25-9-1-2-10-25)12-23-18(27)13-24-20(28)19-17(26)7-4-8-22-19/h3-8,11,16,26H,1-2,9-10,12-13H2,(H,23,27)(H,24,28). The molecule has 0 radical (unpaired) electrons. The minimum absolute atomic E-state index is 0.0284. The minimum Gasteiger partial charge on any atom is -0.505 e. The van der Waals surface area contributed by atoms with Gasteiger partial charge in [0.05, 0.1) is 12.6 Å². The Balaban J connectivity index is 1.56. The summed E-state index contributed by atoms with van der Waals surface area (Å²) in [7, 11) is 0. The molecular formula is C20H23ClN4O3. The maximum atomic E-state index is 12.2. The average Bonchev–Trinajstić information content (AvgIpc) is 3.21. The quantitative estimate of drug-likeness (QED) is 0.659. The van der Waals surface area contributed by atoms with Crippen LogP contribution >= 0.6 is 11.6 Å². The summed E-state index contributed by atoms with van der Waals surface area (Å²) in [4.78, 5) is 30.4. The van der Waals surface area contributed by atoms with Crippen molar-refractivity contribution in [2.75, 3.05) is 26.2 Å². The number of aromatic hydroxyl groups is 1. The number of aromatic nitrogens is 1. The number of hydrogen-bond donors (Lipinski definition) is 3. The van der Waals surface area contributed by atoms with Crippen molar-refractivity contribution in [2.45, 2.75) is 18.9 Å². The van der Waals surface area contributed by atoms with Gasteiger partial charge in [-0.2, -0.15) is 0 Å². The van der Waals surface area contributed by atoms with Gasteiger partial charge in [-0.05, 0) is 55.8 Å². The highest BCUT2D eigenvalue weighted by atomic mass is 35.5. The van der Waals surface area contributed by atoms with E-state index in [1.54, 1.807) is 0 Å². The van der Waals surface area contributed by atoms with Crippen molar-refractivity contribution in [1.29, 1.82) is 0 Å². The van der Waals surface area contributed by atoms with Crippen molar-refractivity contribution in [2.24, 2.45) is 0 Å². The molecule has 3 N–H and O–H groups in total. The first-order chi connectivity index (χ1) is 13.5. The molecule has 28 heavy (non-hydrogen) atoms. The van der Waals surface area contributed by atoms with E-state index in [9.17, 15) is 14.7 Å². The molecule has 1 aliphatic rings. The molecule has 7 nitrogen and oxygen atoms in total. The van der Waals surface area contributed by atoms with Crippen LogP contribution in [0.15, 0.2) is 42.6 Å². The molecule has 1 aromatic heterocycles. The van der Waals surface area contributed by atoms with Crippen LogP contribution in [0, 0.1) is 0 Å². The SMILES string of the molecule is O=C(CNC(=O)c1ncccc1O)NCC(c1cccc(Cl)c1)N1CCCC1. The van der Waals surface area contributed by atoms with Gasteiger partial charge in [-0.3, -0.25) is 14.5 Å². The zero-order valence-corrected chi connectivity index (χ0v) is 16.2. The summed E-state index contributed by atoms with van der Waals surface area (Å²) in [6, 6.07) is 10.6. The lowest BCUT2D eigenvalue weighted by molar-refractivity contribution is -0.120. The number of carbonyl (C=O) groups excluding carboxylic acids is 2. The van der Waals surface area contributed by atoms with Crippen LogP contribution in [0.3, 0.4) is 0 Å².